The third kappa shape index (κ3) is 3.11. The smallest absolute Gasteiger partial charge is 0.267 e. The molecule has 1 saturated carbocycles. The molecule has 2 aliphatic rings. The number of aryl methyl sites for hydroxylation is 1. The number of nitrogens with zero attached hydrogens (tertiary/aromatic N) is 2. The SMILES string of the molecule is O=C(Cn1nc(C2CC2)ccc1=O)NC1CCCc2ccccc21. The summed E-state index contributed by atoms with van der Waals surface area (Å²) >= 11 is 0. The average molecular weight is 323 g/mol. The molecule has 0 bridgehead atoms. The van der Waals surface area contributed by atoms with E-state index in [9.17, 15) is 9.59 Å². The van der Waals surface area contributed by atoms with Gasteiger partial charge in [0, 0.05) is 12.0 Å². The van der Waals surface area contributed by atoms with Crippen LogP contribution in [0, 0.1) is 0 Å². The summed E-state index contributed by atoms with van der Waals surface area (Å²) in [6.45, 7) is -0.0158. The Morgan fingerprint density at radius 2 is 2.00 bits per heavy atom. The molecule has 1 heterocycles. The van der Waals surface area contributed by atoms with Crippen molar-refractivity contribution < 1.29 is 4.79 Å². The highest BCUT2D eigenvalue weighted by Gasteiger charge is 2.26. The molecule has 4 rings (SSSR count). The molecule has 2 aromatic rings. The van der Waals surface area contributed by atoms with Crippen LogP contribution in [0.5, 0.6) is 0 Å². The van der Waals surface area contributed by atoms with E-state index in [1.165, 1.54) is 21.9 Å². The van der Waals surface area contributed by atoms with Crippen LogP contribution in [0.3, 0.4) is 0 Å². The lowest BCUT2D eigenvalue weighted by Gasteiger charge is -2.26. The van der Waals surface area contributed by atoms with E-state index >= 15 is 0 Å². The maximum Gasteiger partial charge on any atom is 0.267 e. The fraction of sp³-hybridized carbons (Fsp3) is 0.421. The predicted octanol–water partition coefficient (Wildman–Crippen LogP) is 2.31. The van der Waals surface area contributed by atoms with Crippen molar-refractivity contribution in [2.24, 2.45) is 0 Å². The molecule has 0 saturated heterocycles. The van der Waals surface area contributed by atoms with Crippen molar-refractivity contribution in [3.8, 4) is 0 Å². The number of amides is 1. The van der Waals surface area contributed by atoms with Gasteiger partial charge in [0.25, 0.3) is 5.56 Å². The minimum absolute atomic E-state index is 0.0158. The molecule has 0 spiro atoms. The summed E-state index contributed by atoms with van der Waals surface area (Å²) < 4.78 is 1.29. The molecule has 1 atom stereocenters. The first-order valence-electron chi connectivity index (χ1n) is 8.66. The van der Waals surface area contributed by atoms with E-state index in [1.807, 2.05) is 12.1 Å². The van der Waals surface area contributed by atoms with Gasteiger partial charge in [-0.05, 0) is 49.3 Å². The van der Waals surface area contributed by atoms with Crippen molar-refractivity contribution in [2.75, 3.05) is 0 Å². The standard InChI is InChI=1S/C19H21N3O2/c23-18(12-22-19(24)11-10-16(21-22)14-8-9-14)20-17-7-3-5-13-4-1-2-6-15(13)17/h1-2,4,6,10-11,14,17H,3,5,7-9,12H2,(H,20,23). The summed E-state index contributed by atoms with van der Waals surface area (Å²) in [4.78, 5) is 24.4. The molecule has 0 aliphatic heterocycles. The molecule has 1 fully saturated rings. The van der Waals surface area contributed by atoms with Crippen LogP contribution in [0.4, 0.5) is 0 Å². The van der Waals surface area contributed by atoms with E-state index in [0.717, 1.165) is 37.8 Å². The number of carbonyl (C=O) groups excluding carboxylic acids is 1. The Morgan fingerprint density at radius 1 is 1.17 bits per heavy atom. The van der Waals surface area contributed by atoms with Gasteiger partial charge in [0.2, 0.25) is 5.91 Å². The lowest BCUT2D eigenvalue weighted by Crippen LogP contribution is -2.36. The van der Waals surface area contributed by atoms with Crippen LogP contribution >= 0.6 is 0 Å². The highest BCUT2D eigenvalue weighted by Crippen LogP contribution is 2.38. The summed E-state index contributed by atoms with van der Waals surface area (Å²) in [6, 6.07) is 11.6. The number of carbonyl (C=O) groups is 1. The van der Waals surface area contributed by atoms with Crippen molar-refractivity contribution in [1.82, 2.24) is 15.1 Å². The van der Waals surface area contributed by atoms with Crippen molar-refractivity contribution in [3.05, 3.63) is 63.6 Å². The van der Waals surface area contributed by atoms with Gasteiger partial charge in [-0.15, -0.1) is 0 Å². The van der Waals surface area contributed by atoms with Gasteiger partial charge < -0.3 is 5.32 Å². The lowest BCUT2D eigenvalue weighted by atomic mass is 9.88. The molecule has 1 amide bonds. The topological polar surface area (TPSA) is 64.0 Å². The highest BCUT2D eigenvalue weighted by atomic mass is 16.2. The molecule has 24 heavy (non-hydrogen) atoms. The van der Waals surface area contributed by atoms with Gasteiger partial charge in [-0.25, -0.2) is 4.68 Å². The minimum atomic E-state index is -0.224. The third-order valence-electron chi connectivity index (χ3n) is 4.88. The van der Waals surface area contributed by atoms with Crippen LogP contribution < -0.4 is 10.9 Å². The Morgan fingerprint density at radius 3 is 2.83 bits per heavy atom. The van der Waals surface area contributed by atoms with Crippen molar-refractivity contribution >= 4 is 5.91 Å². The maximum atomic E-state index is 12.4. The molecule has 1 aromatic heterocycles. The minimum Gasteiger partial charge on any atom is -0.348 e. The molecule has 0 radical (unpaired) electrons. The number of rotatable bonds is 4. The molecule has 5 nitrogen and oxygen atoms in total. The van der Waals surface area contributed by atoms with Gasteiger partial charge in [0.1, 0.15) is 6.54 Å². The van der Waals surface area contributed by atoms with Crippen molar-refractivity contribution in [2.45, 2.75) is 50.6 Å². The number of hydrogen-bond acceptors (Lipinski definition) is 3. The fourth-order valence-corrected chi connectivity index (χ4v) is 3.45. The highest BCUT2D eigenvalue weighted by molar-refractivity contribution is 5.76. The van der Waals surface area contributed by atoms with E-state index in [2.05, 4.69) is 22.5 Å². The van der Waals surface area contributed by atoms with E-state index in [-0.39, 0.29) is 24.1 Å². The predicted molar refractivity (Wildman–Crippen MR) is 90.7 cm³/mol. The molecular formula is C19H21N3O2. The zero-order valence-corrected chi connectivity index (χ0v) is 13.6. The summed E-state index contributed by atoms with van der Waals surface area (Å²) in [6.07, 6.45) is 5.31. The van der Waals surface area contributed by atoms with E-state index < -0.39 is 0 Å². The summed E-state index contributed by atoms with van der Waals surface area (Å²) in [5.74, 6) is 0.310. The lowest BCUT2D eigenvalue weighted by molar-refractivity contribution is -0.122. The molecular weight excluding hydrogens is 302 g/mol. The fourth-order valence-electron chi connectivity index (χ4n) is 3.45. The van der Waals surface area contributed by atoms with E-state index in [1.54, 1.807) is 6.07 Å². The van der Waals surface area contributed by atoms with Crippen molar-refractivity contribution in [1.29, 1.82) is 0 Å². The zero-order chi connectivity index (χ0) is 16.5. The van der Waals surface area contributed by atoms with E-state index in [4.69, 9.17) is 0 Å². The molecule has 124 valence electrons. The second-order valence-electron chi connectivity index (χ2n) is 6.74. The second kappa shape index (κ2) is 6.23. The summed E-state index contributed by atoms with van der Waals surface area (Å²) in [5.41, 5.74) is 3.20. The number of aromatic nitrogens is 2. The molecule has 1 unspecified atom stereocenters. The number of benzene rings is 1. The van der Waals surface area contributed by atoms with Crippen LogP contribution in [0.15, 0.2) is 41.2 Å². The van der Waals surface area contributed by atoms with Crippen LogP contribution in [0.25, 0.3) is 0 Å². The Hall–Kier alpha value is -2.43. The van der Waals surface area contributed by atoms with Gasteiger partial charge in [0.15, 0.2) is 0 Å². The van der Waals surface area contributed by atoms with Gasteiger partial charge in [-0.2, -0.15) is 5.10 Å². The first-order chi connectivity index (χ1) is 11.7. The van der Waals surface area contributed by atoms with E-state index in [0.29, 0.717) is 5.92 Å². The summed E-state index contributed by atoms with van der Waals surface area (Å²) in [5, 5.41) is 7.43. The number of hydrogen-bond donors (Lipinski definition) is 1. The van der Waals surface area contributed by atoms with Gasteiger partial charge >= 0.3 is 0 Å². The second-order valence-corrected chi connectivity index (χ2v) is 6.74. The Labute approximate surface area is 140 Å². The number of fused-ring (bicyclic) bond motifs is 1. The maximum absolute atomic E-state index is 12.4. The third-order valence-corrected chi connectivity index (χ3v) is 4.88. The first-order valence-corrected chi connectivity index (χ1v) is 8.66. The molecule has 1 aromatic carbocycles. The van der Waals surface area contributed by atoms with Crippen molar-refractivity contribution in [3.63, 3.8) is 0 Å². The quantitative estimate of drug-likeness (QED) is 0.939. The number of nitrogens with one attached hydrogen (secondary N) is 1. The van der Waals surface area contributed by atoms with Gasteiger partial charge in [0.05, 0.1) is 11.7 Å². The zero-order valence-electron chi connectivity index (χ0n) is 13.6. The van der Waals surface area contributed by atoms with Crippen LogP contribution in [-0.2, 0) is 17.8 Å². The molecule has 5 heteroatoms. The van der Waals surface area contributed by atoms with Crippen LogP contribution in [-0.4, -0.2) is 15.7 Å². The monoisotopic (exact) mass is 323 g/mol. The van der Waals surface area contributed by atoms with Gasteiger partial charge in [-0.3, -0.25) is 9.59 Å². The normalized spacial score (nSPS) is 19.6. The Bertz CT molecular complexity index is 823. The Kier molecular flexibility index (Phi) is 3.92. The largest absolute Gasteiger partial charge is 0.348 e. The van der Waals surface area contributed by atoms with Gasteiger partial charge in [-0.1, -0.05) is 24.3 Å². The summed E-state index contributed by atoms with van der Waals surface area (Å²) in [7, 11) is 0. The first kappa shape index (κ1) is 15.1. The molecule has 1 N–H and O–H groups in total. The average Bonchev–Trinajstić information content (AvgIpc) is 3.42. The Balaban J connectivity index is 1.48. The van der Waals surface area contributed by atoms with Crippen LogP contribution in [0.1, 0.15) is 54.5 Å². The molecule has 2 aliphatic carbocycles. The van der Waals surface area contributed by atoms with Crippen LogP contribution in [0.2, 0.25) is 0 Å².